The Morgan fingerprint density at radius 3 is 1.69 bits per heavy atom. The zero-order valence-corrected chi connectivity index (χ0v) is 19.9. The number of amides is 1. The van der Waals surface area contributed by atoms with Gasteiger partial charge in [-0.15, -0.1) is 0 Å². The van der Waals surface area contributed by atoms with Crippen LogP contribution in [0.3, 0.4) is 0 Å². The van der Waals surface area contributed by atoms with E-state index >= 15 is 0 Å². The summed E-state index contributed by atoms with van der Waals surface area (Å²) in [4.78, 5) is 13.8. The second-order valence-corrected chi connectivity index (χ2v) is 8.98. The summed E-state index contributed by atoms with van der Waals surface area (Å²) < 4.78 is 35.8. The molecule has 0 aromatic heterocycles. The molecule has 7 heteroatoms. The van der Waals surface area contributed by atoms with Gasteiger partial charge < -0.3 is 4.90 Å². The van der Waals surface area contributed by atoms with Crippen molar-refractivity contribution in [2.75, 3.05) is 13.1 Å². The second kappa shape index (κ2) is 18.1. The first kappa shape index (κ1) is 28.3. The van der Waals surface area contributed by atoms with E-state index in [1.54, 1.807) is 0 Å². The van der Waals surface area contributed by atoms with Gasteiger partial charge in [0.25, 0.3) is 0 Å². The Morgan fingerprint density at radius 2 is 1.24 bits per heavy atom. The van der Waals surface area contributed by atoms with Gasteiger partial charge in [0.05, 0.1) is 6.10 Å². The molecule has 0 bridgehead atoms. The summed E-state index contributed by atoms with van der Waals surface area (Å²) in [6.07, 6.45) is 14.6. The van der Waals surface area contributed by atoms with Crippen molar-refractivity contribution in [3.05, 3.63) is 0 Å². The molecule has 0 aliphatic heterocycles. The van der Waals surface area contributed by atoms with Gasteiger partial charge in [-0.05, 0) is 33.1 Å². The largest absolute Gasteiger partial charge is 0.397 e. The number of hydrogen-bond donors (Lipinski definition) is 1. The Labute approximate surface area is 179 Å². The number of carbonyl (C=O) groups excluding carboxylic acids is 1. The lowest BCUT2D eigenvalue weighted by molar-refractivity contribution is -0.130. The SMILES string of the molecule is CCCCCCC(CCCCCCCCCCC(=O)N(CC)CC)OS(=O)(=O)O. The standard InChI is InChI=1S/C22H45NO5S/c1-4-7-8-15-18-21(28-29(25,26)27)19-16-13-11-9-10-12-14-17-20-22(24)23(5-2)6-3/h21H,4-20H2,1-3H3,(H,25,26,27). The van der Waals surface area contributed by atoms with Crippen molar-refractivity contribution in [3.63, 3.8) is 0 Å². The minimum Gasteiger partial charge on any atom is -0.343 e. The van der Waals surface area contributed by atoms with E-state index in [0.717, 1.165) is 77.3 Å². The van der Waals surface area contributed by atoms with Crippen LogP contribution >= 0.6 is 0 Å². The smallest absolute Gasteiger partial charge is 0.343 e. The molecule has 0 aromatic rings. The van der Waals surface area contributed by atoms with Crippen LogP contribution in [0.1, 0.15) is 117 Å². The summed E-state index contributed by atoms with van der Waals surface area (Å²) in [6, 6.07) is 0. The van der Waals surface area contributed by atoms with E-state index in [1.807, 2.05) is 18.7 Å². The van der Waals surface area contributed by atoms with Gasteiger partial charge in [-0.1, -0.05) is 77.6 Å². The molecule has 0 aromatic carbocycles. The quantitative estimate of drug-likeness (QED) is 0.190. The maximum Gasteiger partial charge on any atom is 0.397 e. The summed E-state index contributed by atoms with van der Waals surface area (Å²) in [6.45, 7) is 7.77. The molecule has 0 radical (unpaired) electrons. The van der Waals surface area contributed by atoms with Crippen LogP contribution in [0.25, 0.3) is 0 Å². The molecule has 0 aliphatic carbocycles. The van der Waals surface area contributed by atoms with Crippen LogP contribution in [0.15, 0.2) is 0 Å². The molecule has 0 heterocycles. The molecule has 0 fully saturated rings. The molecular formula is C22H45NO5S. The average Bonchev–Trinajstić information content (AvgIpc) is 2.66. The Hall–Kier alpha value is -0.660. The summed E-state index contributed by atoms with van der Waals surface area (Å²) >= 11 is 0. The second-order valence-electron chi connectivity index (χ2n) is 7.93. The lowest BCUT2D eigenvalue weighted by Gasteiger charge is -2.18. The maximum atomic E-state index is 11.9. The molecule has 1 atom stereocenters. The van der Waals surface area contributed by atoms with Crippen LogP contribution in [-0.2, 0) is 19.4 Å². The van der Waals surface area contributed by atoms with Gasteiger partial charge in [0.2, 0.25) is 5.91 Å². The fourth-order valence-electron chi connectivity index (χ4n) is 3.65. The zero-order valence-electron chi connectivity index (χ0n) is 19.0. The molecular weight excluding hydrogens is 390 g/mol. The van der Waals surface area contributed by atoms with E-state index in [4.69, 9.17) is 8.74 Å². The number of nitrogens with zero attached hydrogens (tertiary/aromatic N) is 1. The highest BCUT2D eigenvalue weighted by Crippen LogP contribution is 2.18. The normalized spacial score (nSPS) is 12.8. The lowest BCUT2D eigenvalue weighted by Crippen LogP contribution is -2.30. The third-order valence-electron chi connectivity index (χ3n) is 5.42. The van der Waals surface area contributed by atoms with Crippen molar-refractivity contribution >= 4 is 16.3 Å². The minimum absolute atomic E-state index is 0.270. The van der Waals surface area contributed by atoms with Crippen molar-refractivity contribution in [1.82, 2.24) is 4.90 Å². The molecule has 1 unspecified atom stereocenters. The van der Waals surface area contributed by atoms with Crippen molar-refractivity contribution < 1.29 is 21.9 Å². The first-order valence-corrected chi connectivity index (χ1v) is 13.1. The van der Waals surface area contributed by atoms with Gasteiger partial charge in [-0.3, -0.25) is 9.35 Å². The summed E-state index contributed by atoms with van der Waals surface area (Å²) in [5, 5.41) is 0. The van der Waals surface area contributed by atoms with E-state index < -0.39 is 16.5 Å². The molecule has 29 heavy (non-hydrogen) atoms. The fraction of sp³-hybridized carbons (Fsp3) is 0.955. The Kier molecular flexibility index (Phi) is 17.7. The van der Waals surface area contributed by atoms with Gasteiger partial charge in [0, 0.05) is 19.5 Å². The van der Waals surface area contributed by atoms with E-state index in [2.05, 4.69) is 6.92 Å². The van der Waals surface area contributed by atoms with Gasteiger partial charge >= 0.3 is 10.4 Å². The van der Waals surface area contributed by atoms with E-state index in [0.29, 0.717) is 19.3 Å². The summed E-state index contributed by atoms with van der Waals surface area (Å²) in [5.41, 5.74) is 0. The topological polar surface area (TPSA) is 83.9 Å². The average molecular weight is 436 g/mol. The molecule has 0 saturated carbocycles. The molecule has 0 aliphatic rings. The number of rotatable bonds is 20. The third kappa shape index (κ3) is 17.9. The Bertz CT molecular complexity index is 491. The summed E-state index contributed by atoms with van der Waals surface area (Å²) in [7, 11) is -4.37. The zero-order chi connectivity index (χ0) is 22.0. The van der Waals surface area contributed by atoms with Crippen molar-refractivity contribution in [3.8, 4) is 0 Å². The first-order chi connectivity index (χ1) is 13.8. The molecule has 0 saturated heterocycles. The summed E-state index contributed by atoms with van der Waals surface area (Å²) in [5.74, 6) is 0.270. The third-order valence-corrected chi connectivity index (χ3v) is 5.94. The van der Waals surface area contributed by atoms with Crippen molar-refractivity contribution in [1.29, 1.82) is 0 Å². The van der Waals surface area contributed by atoms with Crippen LogP contribution in [0.4, 0.5) is 0 Å². The van der Waals surface area contributed by atoms with Crippen LogP contribution in [0.2, 0.25) is 0 Å². The highest BCUT2D eigenvalue weighted by Gasteiger charge is 2.16. The van der Waals surface area contributed by atoms with Crippen LogP contribution in [0, 0.1) is 0 Å². The van der Waals surface area contributed by atoms with Crippen LogP contribution in [0.5, 0.6) is 0 Å². The minimum atomic E-state index is -4.37. The van der Waals surface area contributed by atoms with Crippen LogP contribution in [-0.4, -0.2) is 43.0 Å². The predicted octanol–water partition coefficient (Wildman–Crippen LogP) is 5.91. The van der Waals surface area contributed by atoms with Gasteiger partial charge in [0.1, 0.15) is 0 Å². The van der Waals surface area contributed by atoms with Gasteiger partial charge in [-0.2, -0.15) is 8.42 Å². The van der Waals surface area contributed by atoms with E-state index in [9.17, 15) is 13.2 Å². The number of unbranched alkanes of at least 4 members (excludes halogenated alkanes) is 10. The van der Waals surface area contributed by atoms with Gasteiger partial charge in [-0.25, -0.2) is 4.18 Å². The van der Waals surface area contributed by atoms with E-state index in [1.165, 1.54) is 12.8 Å². The Balaban J connectivity index is 3.74. The molecule has 0 rings (SSSR count). The molecule has 174 valence electrons. The maximum absolute atomic E-state index is 11.9. The number of carbonyl (C=O) groups is 1. The van der Waals surface area contributed by atoms with Crippen LogP contribution < -0.4 is 0 Å². The van der Waals surface area contributed by atoms with Crippen molar-refractivity contribution in [2.45, 2.75) is 123 Å². The first-order valence-electron chi connectivity index (χ1n) is 11.8. The monoisotopic (exact) mass is 435 g/mol. The highest BCUT2D eigenvalue weighted by atomic mass is 32.3. The molecule has 1 N–H and O–H groups in total. The number of hydrogen-bond acceptors (Lipinski definition) is 4. The molecule has 1 amide bonds. The van der Waals surface area contributed by atoms with Gasteiger partial charge in [0.15, 0.2) is 0 Å². The fourth-order valence-corrected chi connectivity index (χ4v) is 4.19. The highest BCUT2D eigenvalue weighted by molar-refractivity contribution is 7.80. The predicted molar refractivity (Wildman–Crippen MR) is 119 cm³/mol. The van der Waals surface area contributed by atoms with E-state index in [-0.39, 0.29) is 5.91 Å². The van der Waals surface area contributed by atoms with Crippen molar-refractivity contribution in [2.24, 2.45) is 0 Å². The Morgan fingerprint density at radius 1 is 0.793 bits per heavy atom. The molecule has 6 nitrogen and oxygen atoms in total. The lowest BCUT2D eigenvalue weighted by atomic mass is 10.0. The molecule has 0 spiro atoms.